The first-order chi connectivity index (χ1) is 17.7. The zero-order chi connectivity index (χ0) is 28.3. The average molecular weight is 574 g/mol. The van der Waals surface area contributed by atoms with Crippen molar-refractivity contribution in [3.05, 3.63) is 64.2 Å². The number of carbonyl (C=O) groups excluding carboxylic acids is 2. The first-order valence-corrected chi connectivity index (χ1v) is 14.4. The van der Waals surface area contributed by atoms with E-state index in [1.54, 1.807) is 19.1 Å². The van der Waals surface area contributed by atoms with E-state index in [-0.39, 0.29) is 23.5 Å². The van der Waals surface area contributed by atoms with Gasteiger partial charge in [-0.2, -0.15) is 13.2 Å². The number of sulfonamides is 1. The van der Waals surface area contributed by atoms with Gasteiger partial charge in [-0.05, 0) is 50.5 Å². The molecule has 2 aromatic carbocycles. The second-order valence-corrected chi connectivity index (χ2v) is 11.9. The van der Waals surface area contributed by atoms with Crippen LogP contribution in [0.15, 0.2) is 42.5 Å². The van der Waals surface area contributed by atoms with Gasteiger partial charge in [0.05, 0.1) is 22.5 Å². The Bertz CT molecular complexity index is 1280. The Hall–Kier alpha value is -2.79. The summed E-state index contributed by atoms with van der Waals surface area (Å²) < 4.78 is 66.0. The van der Waals surface area contributed by atoms with Crippen molar-refractivity contribution in [1.82, 2.24) is 10.2 Å². The van der Waals surface area contributed by atoms with Crippen molar-refractivity contribution < 1.29 is 31.2 Å². The standard InChI is InChI=1S/C26H31ClF3N3O4S/c1-17-7-6-8-19(13-17)15-32(18(2)25(35)31-21-9-4-5-10-21)24(34)16-33(38(3,36)37)23-14-20(26(28,29)30)11-12-22(23)27/h6-8,11-14,18,21H,4-5,9-10,15-16H2,1-3H3,(H,31,35). The third-order valence-electron chi connectivity index (χ3n) is 6.53. The zero-order valence-electron chi connectivity index (χ0n) is 21.4. The van der Waals surface area contributed by atoms with Crippen LogP contribution < -0.4 is 9.62 Å². The fourth-order valence-electron chi connectivity index (χ4n) is 4.46. The molecule has 12 heteroatoms. The molecule has 2 aromatic rings. The maximum atomic E-state index is 13.6. The molecular formula is C26H31ClF3N3O4S. The lowest BCUT2D eigenvalue weighted by Crippen LogP contribution is -2.52. The molecule has 0 aromatic heterocycles. The molecule has 38 heavy (non-hydrogen) atoms. The lowest BCUT2D eigenvalue weighted by Gasteiger charge is -2.32. The van der Waals surface area contributed by atoms with Crippen molar-refractivity contribution in [2.45, 2.75) is 64.3 Å². The van der Waals surface area contributed by atoms with Crippen LogP contribution in [0.25, 0.3) is 0 Å². The number of carbonyl (C=O) groups is 2. The molecule has 1 atom stereocenters. The summed E-state index contributed by atoms with van der Waals surface area (Å²) in [6.07, 6.45) is -0.326. The van der Waals surface area contributed by atoms with Crippen LogP contribution in [0.4, 0.5) is 18.9 Å². The number of anilines is 1. The molecule has 0 saturated heterocycles. The van der Waals surface area contributed by atoms with Gasteiger partial charge in [0.1, 0.15) is 12.6 Å². The Kier molecular flexibility index (Phi) is 9.35. The molecule has 0 radical (unpaired) electrons. The van der Waals surface area contributed by atoms with Gasteiger partial charge in [-0.25, -0.2) is 8.42 Å². The Morgan fingerprint density at radius 3 is 2.37 bits per heavy atom. The number of aryl methyl sites for hydroxylation is 1. The second-order valence-electron chi connectivity index (χ2n) is 9.61. The Balaban J connectivity index is 1.96. The fourth-order valence-corrected chi connectivity index (χ4v) is 5.58. The minimum absolute atomic E-state index is 0.00250. The van der Waals surface area contributed by atoms with E-state index in [0.29, 0.717) is 15.9 Å². The highest BCUT2D eigenvalue weighted by molar-refractivity contribution is 7.92. The van der Waals surface area contributed by atoms with E-state index < -0.39 is 45.9 Å². The van der Waals surface area contributed by atoms with Gasteiger partial charge in [0.2, 0.25) is 21.8 Å². The molecule has 0 heterocycles. The van der Waals surface area contributed by atoms with E-state index in [1.165, 1.54) is 4.90 Å². The van der Waals surface area contributed by atoms with Gasteiger partial charge in [0, 0.05) is 12.6 Å². The highest BCUT2D eigenvalue weighted by atomic mass is 35.5. The van der Waals surface area contributed by atoms with Gasteiger partial charge in [-0.1, -0.05) is 54.3 Å². The number of alkyl halides is 3. The number of hydrogen-bond donors (Lipinski definition) is 1. The van der Waals surface area contributed by atoms with Crippen LogP contribution in [0, 0.1) is 6.92 Å². The molecule has 2 amide bonds. The van der Waals surface area contributed by atoms with Gasteiger partial charge >= 0.3 is 6.18 Å². The molecule has 1 fully saturated rings. The number of amides is 2. The minimum atomic E-state index is -4.75. The molecule has 208 valence electrons. The Morgan fingerprint density at radius 2 is 1.79 bits per heavy atom. The van der Waals surface area contributed by atoms with Crippen LogP contribution in [0.1, 0.15) is 49.3 Å². The van der Waals surface area contributed by atoms with Crippen LogP contribution in [0.2, 0.25) is 5.02 Å². The number of benzene rings is 2. The summed E-state index contributed by atoms with van der Waals surface area (Å²) in [5, 5.41) is 2.68. The van der Waals surface area contributed by atoms with Gasteiger partial charge < -0.3 is 10.2 Å². The fraction of sp³-hybridized carbons (Fsp3) is 0.462. The molecule has 0 bridgehead atoms. The first-order valence-electron chi connectivity index (χ1n) is 12.2. The monoisotopic (exact) mass is 573 g/mol. The van der Waals surface area contributed by atoms with Crippen molar-refractivity contribution in [1.29, 1.82) is 0 Å². The molecule has 1 aliphatic carbocycles. The van der Waals surface area contributed by atoms with Crippen LogP contribution in [0.3, 0.4) is 0 Å². The van der Waals surface area contributed by atoms with Gasteiger partial charge in [0.25, 0.3) is 0 Å². The smallest absolute Gasteiger partial charge is 0.352 e. The number of halogens is 4. The average Bonchev–Trinajstić information content (AvgIpc) is 3.32. The third-order valence-corrected chi connectivity index (χ3v) is 7.97. The molecule has 1 aliphatic rings. The third kappa shape index (κ3) is 7.63. The van der Waals surface area contributed by atoms with Crippen molar-refractivity contribution in [3.63, 3.8) is 0 Å². The lowest BCUT2D eigenvalue weighted by molar-refractivity contribution is -0.139. The zero-order valence-corrected chi connectivity index (χ0v) is 23.0. The molecule has 1 saturated carbocycles. The van der Waals surface area contributed by atoms with Crippen molar-refractivity contribution in [2.24, 2.45) is 0 Å². The molecule has 1 unspecified atom stereocenters. The maximum absolute atomic E-state index is 13.6. The summed E-state index contributed by atoms with van der Waals surface area (Å²) in [6, 6.07) is 8.55. The predicted octanol–water partition coefficient (Wildman–Crippen LogP) is 4.91. The molecular weight excluding hydrogens is 543 g/mol. The number of hydrogen-bond acceptors (Lipinski definition) is 4. The quantitative estimate of drug-likeness (QED) is 0.462. The first kappa shape index (κ1) is 29.8. The summed E-state index contributed by atoms with van der Waals surface area (Å²) in [4.78, 5) is 27.9. The van der Waals surface area contributed by atoms with Crippen LogP contribution >= 0.6 is 11.6 Å². The summed E-state index contributed by atoms with van der Waals surface area (Å²) in [7, 11) is -4.24. The van der Waals surface area contributed by atoms with E-state index in [4.69, 9.17) is 11.6 Å². The SMILES string of the molecule is Cc1cccc(CN(C(=O)CN(c2cc(C(F)(F)F)ccc2Cl)S(C)(=O)=O)C(C)C(=O)NC2CCCC2)c1. The van der Waals surface area contributed by atoms with E-state index in [9.17, 15) is 31.2 Å². The van der Waals surface area contributed by atoms with E-state index in [0.717, 1.165) is 49.6 Å². The van der Waals surface area contributed by atoms with Crippen LogP contribution in [-0.2, 0) is 32.3 Å². The van der Waals surface area contributed by atoms with E-state index >= 15 is 0 Å². The molecule has 7 nitrogen and oxygen atoms in total. The van der Waals surface area contributed by atoms with E-state index in [1.807, 2.05) is 19.1 Å². The van der Waals surface area contributed by atoms with E-state index in [2.05, 4.69) is 5.32 Å². The normalized spacial score (nSPS) is 15.2. The van der Waals surface area contributed by atoms with Crippen LogP contribution in [-0.4, -0.2) is 50.0 Å². The van der Waals surface area contributed by atoms with Gasteiger partial charge in [-0.3, -0.25) is 13.9 Å². The maximum Gasteiger partial charge on any atom is 0.416 e. The Labute approximate surface area is 226 Å². The minimum Gasteiger partial charge on any atom is -0.352 e. The molecule has 3 rings (SSSR count). The topological polar surface area (TPSA) is 86.8 Å². The lowest BCUT2D eigenvalue weighted by atomic mass is 10.1. The summed E-state index contributed by atoms with van der Waals surface area (Å²) in [5.41, 5.74) is 0.0446. The van der Waals surface area contributed by atoms with Crippen molar-refractivity contribution in [3.8, 4) is 0 Å². The number of nitrogens with zero attached hydrogens (tertiary/aromatic N) is 2. The molecule has 0 aliphatic heterocycles. The van der Waals surface area contributed by atoms with Gasteiger partial charge in [-0.15, -0.1) is 0 Å². The Morgan fingerprint density at radius 1 is 1.13 bits per heavy atom. The summed E-state index contributed by atoms with van der Waals surface area (Å²) in [5.74, 6) is -1.15. The predicted molar refractivity (Wildman–Crippen MR) is 140 cm³/mol. The molecule has 1 N–H and O–H groups in total. The summed E-state index contributed by atoms with van der Waals surface area (Å²) >= 11 is 6.10. The van der Waals surface area contributed by atoms with Crippen molar-refractivity contribution >= 4 is 39.1 Å². The highest BCUT2D eigenvalue weighted by Crippen LogP contribution is 2.36. The second kappa shape index (κ2) is 11.9. The summed E-state index contributed by atoms with van der Waals surface area (Å²) in [6.45, 7) is 2.56. The van der Waals surface area contributed by atoms with Crippen molar-refractivity contribution in [2.75, 3.05) is 17.1 Å². The molecule has 0 spiro atoms. The highest BCUT2D eigenvalue weighted by Gasteiger charge is 2.35. The van der Waals surface area contributed by atoms with Gasteiger partial charge in [0.15, 0.2) is 0 Å². The number of rotatable bonds is 9. The largest absolute Gasteiger partial charge is 0.416 e. The van der Waals surface area contributed by atoms with Crippen LogP contribution in [0.5, 0.6) is 0 Å². The number of nitrogens with one attached hydrogen (secondary N) is 1.